The second-order valence-corrected chi connectivity index (χ2v) is 5.70. The van der Waals surface area contributed by atoms with Crippen LogP contribution in [0.25, 0.3) is 21.9 Å². The molecule has 2 aromatic heterocycles. The first-order valence-corrected chi connectivity index (χ1v) is 7.95. The van der Waals surface area contributed by atoms with Crippen LogP contribution in [0.4, 0.5) is 0 Å². The molecule has 130 valence electrons. The highest BCUT2D eigenvalue weighted by Gasteiger charge is 2.22. The molecular weight excluding hydrogens is 318 g/mol. The van der Waals surface area contributed by atoms with Crippen molar-refractivity contribution in [1.29, 1.82) is 0 Å². The van der Waals surface area contributed by atoms with Crippen molar-refractivity contribution in [2.75, 3.05) is 21.3 Å². The third-order valence-corrected chi connectivity index (χ3v) is 4.28. The van der Waals surface area contributed by atoms with Gasteiger partial charge in [0.15, 0.2) is 0 Å². The molecule has 25 heavy (non-hydrogen) atoms. The summed E-state index contributed by atoms with van der Waals surface area (Å²) in [5.74, 6) is 1.04. The van der Waals surface area contributed by atoms with Gasteiger partial charge in [-0.2, -0.15) is 0 Å². The quantitative estimate of drug-likeness (QED) is 0.773. The van der Waals surface area contributed by atoms with E-state index in [9.17, 15) is 4.79 Å². The van der Waals surface area contributed by atoms with E-state index in [-0.39, 0.29) is 5.56 Å². The van der Waals surface area contributed by atoms with Gasteiger partial charge in [0.1, 0.15) is 5.75 Å². The molecule has 0 fully saturated rings. The Hall–Kier alpha value is -2.86. The molecule has 6 heteroatoms. The van der Waals surface area contributed by atoms with E-state index in [1.54, 1.807) is 33.7 Å². The van der Waals surface area contributed by atoms with Crippen molar-refractivity contribution in [1.82, 2.24) is 14.9 Å². The van der Waals surface area contributed by atoms with Gasteiger partial charge in [0, 0.05) is 25.2 Å². The van der Waals surface area contributed by atoms with Crippen LogP contribution < -0.4 is 20.3 Å². The van der Waals surface area contributed by atoms with Crippen LogP contribution in [0.1, 0.15) is 5.56 Å². The second kappa shape index (κ2) is 6.94. The van der Waals surface area contributed by atoms with Gasteiger partial charge in [-0.05, 0) is 18.2 Å². The van der Waals surface area contributed by atoms with Crippen molar-refractivity contribution in [3.8, 4) is 22.8 Å². The van der Waals surface area contributed by atoms with Gasteiger partial charge in [0.25, 0.3) is 5.56 Å². The first kappa shape index (κ1) is 17.0. The minimum absolute atomic E-state index is 0.173. The van der Waals surface area contributed by atoms with Gasteiger partial charge in [-0.15, -0.1) is 0 Å². The summed E-state index contributed by atoms with van der Waals surface area (Å²) in [6, 6.07) is 8.04. The summed E-state index contributed by atoms with van der Waals surface area (Å²) in [6.45, 7) is 0.692. The van der Waals surface area contributed by atoms with Crippen LogP contribution in [0.5, 0.6) is 11.6 Å². The van der Waals surface area contributed by atoms with E-state index in [0.29, 0.717) is 28.9 Å². The standard InChI is InChI=1S/C19H21N3O3/c1-20-9-12-7-5-6-8-13(12)17-16-14(10-21-11-15(16)24-3)18(23)22(2)19(17)25-4/h5-8,10-11,20H,9H2,1-4H3. The molecule has 0 amide bonds. The Balaban J connectivity index is 2.54. The molecule has 0 aliphatic carbocycles. The van der Waals surface area contributed by atoms with Gasteiger partial charge in [0.05, 0.1) is 31.4 Å². The highest BCUT2D eigenvalue weighted by molar-refractivity contribution is 6.02. The number of fused-ring (bicyclic) bond motifs is 1. The minimum atomic E-state index is -0.173. The van der Waals surface area contributed by atoms with Crippen molar-refractivity contribution >= 4 is 10.8 Å². The molecule has 0 saturated heterocycles. The van der Waals surface area contributed by atoms with E-state index in [1.807, 2.05) is 25.2 Å². The van der Waals surface area contributed by atoms with Crippen LogP contribution in [-0.4, -0.2) is 30.8 Å². The highest BCUT2D eigenvalue weighted by atomic mass is 16.5. The fraction of sp³-hybridized carbons (Fsp3) is 0.263. The van der Waals surface area contributed by atoms with Crippen molar-refractivity contribution in [2.45, 2.75) is 6.54 Å². The first-order valence-electron chi connectivity index (χ1n) is 7.95. The lowest BCUT2D eigenvalue weighted by atomic mass is 9.95. The summed E-state index contributed by atoms with van der Waals surface area (Å²) in [4.78, 5) is 16.9. The van der Waals surface area contributed by atoms with Gasteiger partial charge in [0.2, 0.25) is 5.88 Å². The predicted molar refractivity (Wildman–Crippen MR) is 98.3 cm³/mol. The lowest BCUT2D eigenvalue weighted by Crippen LogP contribution is -2.20. The molecule has 6 nitrogen and oxygen atoms in total. The number of nitrogens with zero attached hydrogens (tertiary/aromatic N) is 2. The maximum absolute atomic E-state index is 12.7. The number of nitrogens with one attached hydrogen (secondary N) is 1. The predicted octanol–water partition coefficient (Wildman–Crippen LogP) is 2.34. The summed E-state index contributed by atoms with van der Waals surface area (Å²) in [6.07, 6.45) is 3.19. The molecule has 0 bridgehead atoms. The molecule has 0 radical (unpaired) electrons. The Kier molecular flexibility index (Phi) is 4.72. The number of hydrogen-bond acceptors (Lipinski definition) is 5. The largest absolute Gasteiger partial charge is 0.494 e. The molecule has 0 aliphatic rings. The zero-order chi connectivity index (χ0) is 18.0. The zero-order valence-corrected chi connectivity index (χ0v) is 14.8. The summed E-state index contributed by atoms with van der Waals surface area (Å²) < 4.78 is 12.6. The zero-order valence-electron chi connectivity index (χ0n) is 14.8. The van der Waals surface area contributed by atoms with Gasteiger partial charge < -0.3 is 14.8 Å². The number of hydrogen-bond donors (Lipinski definition) is 1. The van der Waals surface area contributed by atoms with Gasteiger partial charge in [-0.1, -0.05) is 24.3 Å². The van der Waals surface area contributed by atoms with Crippen molar-refractivity contribution in [2.24, 2.45) is 7.05 Å². The maximum atomic E-state index is 12.7. The summed E-state index contributed by atoms with van der Waals surface area (Å²) >= 11 is 0. The average Bonchev–Trinajstić information content (AvgIpc) is 2.65. The molecule has 3 rings (SSSR count). The molecule has 1 N–H and O–H groups in total. The van der Waals surface area contributed by atoms with Crippen LogP contribution >= 0.6 is 0 Å². The van der Waals surface area contributed by atoms with Crippen molar-refractivity contribution in [3.05, 3.63) is 52.6 Å². The Morgan fingerprint density at radius 3 is 2.60 bits per heavy atom. The normalized spacial score (nSPS) is 10.9. The van der Waals surface area contributed by atoms with Gasteiger partial charge in [-0.25, -0.2) is 0 Å². The van der Waals surface area contributed by atoms with Gasteiger partial charge >= 0.3 is 0 Å². The van der Waals surface area contributed by atoms with E-state index in [0.717, 1.165) is 16.7 Å². The van der Waals surface area contributed by atoms with E-state index >= 15 is 0 Å². The molecule has 0 atom stereocenters. The average molecular weight is 339 g/mol. The lowest BCUT2D eigenvalue weighted by Gasteiger charge is -2.19. The summed E-state index contributed by atoms with van der Waals surface area (Å²) in [7, 11) is 6.74. The van der Waals surface area contributed by atoms with Crippen LogP contribution in [0.3, 0.4) is 0 Å². The van der Waals surface area contributed by atoms with E-state index in [4.69, 9.17) is 9.47 Å². The topological polar surface area (TPSA) is 65.4 Å². The van der Waals surface area contributed by atoms with Gasteiger partial charge in [-0.3, -0.25) is 14.3 Å². The van der Waals surface area contributed by atoms with Crippen LogP contribution in [0.2, 0.25) is 0 Å². The first-order chi connectivity index (χ1) is 12.1. The summed E-state index contributed by atoms with van der Waals surface area (Å²) in [5, 5.41) is 4.39. The molecule has 2 heterocycles. The Bertz CT molecular complexity index is 980. The monoisotopic (exact) mass is 339 g/mol. The fourth-order valence-electron chi connectivity index (χ4n) is 3.16. The third kappa shape index (κ3) is 2.74. The number of ether oxygens (including phenoxy) is 2. The minimum Gasteiger partial charge on any atom is -0.494 e. The summed E-state index contributed by atoms with van der Waals surface area (Å²) in [5.41, 5.74) is 2.73. The highest BCUT2D eigenvalue weighted by Crippen LogP contribution is 2.40. The molecule has 3 aromatic rings. The van der Waals surface area contributed by atoms with E-state index < -0.39 is 0 Å². The molecular formula is C19H21N3O3. The third-order valence-electron chi connectivity index (χ3n) is 4.28. The SMILES string of the molecule is CNCc1ccccc1-c1c(OC)n(C)c(=O)c2cncc(OC)c12. The number of rotatable bonds is 5. The maximum Gasteiger partial charge on any atom is 0.262 e. The van der Waals surface area contributed by atoms with E-state index in [1.165, 1.54) is 4.57 Å². The van der Waals surface area contributed by atoms with Crippen molar-refractivity contribution in [3.63, 3.8) is 0 Å². The smallest absolute Gasteiger partial charge is 0.262 e. The molecule has 0 saturated carbocycles. The fourth-order valence-corrected chi connectivity index (χ4v) is 3.16. The molecule has 1 aromatic carbocycles. The number of methoxy groups -OCH3 is 2. The van der Waals surface area contributed by atoms with Crippen LogP contribution in [-0.2, 0) is 13.6 Å². The number of aromatic nitrogens is 2. The second-order valence-electron chi connectivity index (χ2n) is 5.70. The van der Waals surface area contributed by atoms with Crippen LogP contribution in [0.15, 0.2) is 41.5 Å². The number of benzene rings is 1. The Morgan fingerprint density at radius 1 is 1.16 bits per heavy atom. The van der Waals surface area contributed by atoms with E-state index in [2.05, 4.69) is 16.4 Å². The van der Waals surface area contributed by atoms with Crippen LogP contribution in [0, 0.1) is 0 Å². The molecule has 0 aliphatic heterocycles. The lowest BCUT2D eigenvalue weighted by molar-refractivity contribution is 0.378. The van der Waals surface area contributed by atoms with Crippen molar-refractivity contribution < 1.29 is 9.47 Å². The molecule has 0 unspecified atom stereocenters. The Labute approximate surface area is 146 Å². The molecule has 0 spiro atoms. The Morgan fingerprint density at radius 2 is 1.92 bits per heavy atom. The number of pyridine rings is 2.